The van der Waals surface area contributed by atoms with Crippen LogP contribution in [-0.4, -0.2) is 25.6 Å². The lowest BCUT2D eigenvalue weighted by Crippen LogP contribution is -2.14. The molecule has 0 atom stereocenters. The van der Waals surface area contributed by atoms with Gasteiger partial charge in [0.1, 0.15) is 5.82 Å². The molecule has 0 spiro atoms. The van der Waals surface area contributed by atoms with Crippen molar-refractivity contribution >= 4 is 27.2 Å². The summed E-state index contributed by atoms with van der Waals surface area (Å²) in [5.41, 5.74) is 3.22. The fraction of sp³-hybridized carbons (Fsp3) is 0.0769. The molecule has 1 heterocycles. The minimum atomic E-state index is -3.25. The summed E-state index contributed by atoms with van der Waals surface area (Å²) < 4.78 is 22.7. The number of nitrogens with zero attached hydrogens (tertiary/aromatic N) is 1. The molecule has 1 aromatic carbocycles. The van der Waals surface area contributed by atoms with Gasteiger partial charge in [0.15, 0.2) is 9.84 Å². The second kappa shape index (κ2) is 5.90. The maximum absolute atomic E-state index is 12.0. The van der Waals surface area contributed by atoms with E-state index in [1.54, 1.807) is 6.07 Å². The molecule has 0 aliphatic rings. The number of aromatic nitrogens is 1. The van der Waals surface area contributed by atoms with Crippen molar-refractivity contribution in [2.75, 3.05) is 17.0 Å². The fourth-order valence-electron chi connectivity index (χ4n) is 1.64. The van der Waals surface area contributed by atoms with Gasteiger partial charge in [0.25, 0.3) is 5.91 Å². The number of anilines is 2. The first-order chi connectivity index (χ1) is 9.90. The standard InChI is InChI=1S/C13H14N4O3S/c1-21(19,20)11-4-2-10(3-5-11)16-13(18)9-6-7-15-12(8-9)17-14/h2-8H,14H2,1H3,(H,15,17)(H,16,18). The molecular formula is C13H14N4O3S. The Kier molecular flexibility index (Phi) is 4.20. The first kappa shape index (κ1) is 14.9. The van der Waals surface area contributed by atoms with Gasteiger partial charge in [0.2, 0.25) is 0 Å². The van der Waals surface area contributed by atoms with Crippen molar-refractivity contribution in [2.45, 2.75) is 4.90 Å². The molecule has 0 saturated carbocycles. The van der Waals surface area contributed by atoms with E-state index in [0.717, 1.165) is 6.26 Å². The Hall–Kier alpha value is -2.45. The Balaban J connectivity index is 2.16. The number of nitrogens with one attached hydrogen (secondary N) is 2. The van der Waals surface area contributed by atoms with E-state index in [1.165, 1.54) is 36.5 Å². The maximum Gasteiger partial charge on any atom is 0.255 e. The van der Waals surface area contributed by atoms with E-state index < -0.39 is 9.84 Å². The zero-order chi connectivity index (χ0) is 15.5. The van der Waals surface area contributed by atoms with Gasteiger partial charge in [0.05, 0.1) is 4.90 Å². The highest BCUT2D eigenvalue weighted by molar-refractivity contribution is 7.90. The van der Waals surface area contributed by atoms with Crippen molar-refractivity contribution in [3.63, 3.8) is 0 Å². The van der Waals surface area contributed by atoms with Crippen LogP contribution in [0.4, 0.5) is 11.5 Å². The summed E-state index contributed by atoms with van der Waals surface area (Å²) in [5, 5.41) is 2.66. The highest BCUT2D eigenvalue weighted by atomic mass is 32.2. The molecular weight excluding hydrogens is 292 g/mol. The molecule has 7 nitrogen and oxygen atoms in total. The zero-order valence-electron chi connectivity index (χ0n) is 11.2. The van der Waals surface area contributed by atoms with Crippen LogP contribution in [-0.2, 0) is 9.84 Å². The average Bonchev–Trinajstić information content (AvgIpc) is 2.47. The number of hydrogen-bond donors (Lipinski definition) is 3. The molecule has 0 unspecified atom stereocenters. The molecule has 0 aliphatic heterocycles. The molecule has 1 aromatic heterocycles. The maximum atomic E-state index is 12.0. The molecule has 1 amide bonds. The first-order valence-corrected chi connectivity index (χ1v) is 7.83. The molecule has 2 rings (SSSR count). The van der Waals surface area contributed by atoms with E-state index in [2.05, 4.69) is 15.7 Å². The number of hydrogen-bond acceptors (Lipinski definition) is 6. The average molecular weight is 306 g/mol. The molecule has 2 aromatic rings. The molecule has 0 aliphatic carbocycles. The third kappa shape index (κ3) is 3.77. The number of nitrogens with two attached hydrogens (primary N) is 1. The Labute approximate surface area is 122 Å². The Morgan fingerprint density at radius 3 is 2.43 bits per heavy atom. The number of carbonyl (C=O) groups is 1. The van der Waals surface area contributed by atoms with Gasteiger partial charge in [-0.15, -0.1) is 0 Å². The molecule has 110 valence electrons. The monoisotopic (exact) mass is 306 g/mol. The molecule has 0 saturated heterocycles. The second-order valence-corrected chi connectivity index (χ2v) is 6.34. The molecule has 21 heavy (non-hydrogen) atoms. The second-order valence-electron chi connectivity index (χ2n) is 4.32. The van der Waals surface area contributed by atoms with E-state index >= 15 is 0 Å². The molecule has 0 radical (unpaired) electrons. The van der Waals surface area contributed by atoms with Crippen LogP contribution in [0.1, 0.15) is 10.4 Å². The van der Waals surface area contributed by atoms with Gasteiger partial charge in [-0.25, -0.2) is 19.2 Å². The van der Waals surface area contributed by atoms with Crippen molar-refractivity contribution in [2.24, 2.45) is 5.84 Å². The summed E-state index contributed by atoms with van der Waals surface area (Å²) in [7, 11) is -3.25. The van der Waals surface area contributed by atoms with Gasteiger partial charge < -0.3 is 10.7 Å². The van der Waals surface area contributed by atoms with Gasteiger partial charge in [-0.2, -0.15) is 0 Å². The topological polar surface area (TPSA) is 114 Å². The zero-order valence-corrected chi connectivity index (χ0v) is 12.0. The van der Waals surface area contributed by atoms with E-state index in [0.29, 0.717) is 17.1 Å². The normalized spacial score (nSPS) is 11.0. The fourth-order valence-corrected chi connectivity index (χ4v) is 2.27. The van der Waals surface area contributed by atoms with E-state index in [1.807, 2.05) is 0 Å². The van der Waals surface area contributed by atoms with Crippen LogP contribution in [0.2, 0.25) is 0 Å². The number of nitrogen functional groups attached to an aromatic ring is 1. The number of hydrazine groups is 1. The number of sulfone groups is 1. The highest BCUT2D eigenvalue weighted by Crippen LogP contribution is 2.15. The number of carbonyl (C=O) groups excluding carboxylic acids is 1. The minimum Gasteiger partial charge on any atom is -0.322 e. The van der Waals surface area contributed by atoms with Crippen LogP contribution in [0.25, 0.3) is 0 Å². The van der Waals surface area contributed by atoms with Gasteiger partial charge in [-0.05, 0) is 36.4 Å². The lowest BCUT2D eigenvalue weighted by Gasteiger charge is -2.07. The first-order valence-electron chi connectivity index (χ1n) is 5.94. The number of pyridine rings is 1. The Morgan fingerprint density at radius 1 is 1.19 bits per heavy atom. The summed E-state index contributed by atoms with van der Waals surface area (Å²) in [6, 6.07) is 8.96. The lowest BCUT2D eigenvalue weighted by molar-refractivity contribution is 0.102. The molecule has 8 heteroatoms. The van der Waals surface area contributed by atoms with Crippen molar-refractivity contribution < 1.29 is 13.2 Å². The van der Waals surface area contributed by atoms with Crippen LogP contribution in [0.5, 0.6) is 0 Å². The predicted molar refractivity (Wildman–Crippen MR) is 79.6 cm³/mol. The summed E-state index contributed by atoms with van der Waals surface area (Å²) >= 11 is 0. The van der Waals surface area contributed by atoms with Gasteiger partial charge in [-0.1, -0.05) is 0 Å². The van der Waals surface area contributed by atoms with Gasteiger partial charge in [-0.3, -0.25) is 4.79 Å². The summed E-state index contributed by atoms with van der Waals surface area (Å²) in [6.07, 6.45) is 2.58. The molecule has 0 bridgehead atoms. The summed E-state index contributed by atoms with van der Waals surface area (Å²) in [6.45, 7) is 0. The van der Waals surface area contributed by atoms with Gasteiger partial charge in [0, 0.05) is 23.7 Å². The predicted octanol–water partition coefficient (Wildman–Crippen LogP) is 1.02. The Bertz CT molecular complexity index is 757. The number of rotatable bonds is 4. The van der Waals surface area contributed by atoms with E-state index in [4.69, 9.17) is 5.84 Å². The molecule has 4 N–H and O–H groups in total. The lowest BCUT2D eigenvalue weighted by atomic mass is 10.2. The quantitative estimate of drug-likeness (QED) is 0.574. The van der Waals surface area contributed by atoms with Crippen molar-refractivity contribution in [1.82, 2.24) is 4.98 Å². The van der Waals surface area contributed by atoms with Gasteiger partial charge >= 0.3 is 0 Å². The highest BCUT2D eigenvalue weighted by Gasteiger charge is 2.09. The van der Waals surface area contributed by atoms with Crippen molar-refractivity contribution in [1.29, 1.82) is 0 Å². The summed E-state index contributed by atoms with van der Waals surface area (Å²) in [5.74, 6) is 5.25. The van der Waals surface area contributed by atoms with E-state index in [-0.39, 0.29) is 10.8 Å². The third-order valence-electron chi connectivity index (χ3n) is 2.71. The number of amides is 1. The third-order valence-corrected chi connectivity index (χ3v) is 3.84. The van der Waals surface area contributed by atoms with Crippen molar-refractivity contribution in [3.05, 3.63) is 48.2 Å². The SMILES string of the molecule is CS(=O)(=O)c1ccc(NC(=O)c2ccnc(NN)c2)cc1. The minimum absolute atomic E-state index is 0.194. The van der Waals surface area contributed by atoms with E-state index in [9.17, 15) is 13.2 Å². The Morgan fingerprint density at radius 2 is 1.86 bits per heavy atom. The van der Waals surface area contributed by atoms with Crippen LogP contribution in [0.15, 0.2) is 47.5 Å². The number of benzene rings is 1. The van der Waals surface area contributed by atoms with Crippen LogP contribution < -0.4 is 16.6 Å². The van der Waals surface area contributed by atoms with Crippen LogP contribution in [0.3, 0.4) is 0 Å². The van der Waals surface area contributed by atoms with Crippen LogP contribution in [0, 0.1) is 0 Å². The summed E-state index contributed by atoms with van der Waals surface area (Å²) in [4.78, 5) is 16.1. The van der Waals surface area contributed by atoms with Crippen molar-refractivity contribution in [3.8, 4) is 0 Å². The smallest absolute Gasteiger partial charge is 0.255 e. The largest absolute Gasteiger partial charge is 0.322 e. The van der Waals surface area contributed by atoms with Crippen LogP contribution >= 0.6 is 0 Å². The molecule has 0 fully saturated rings.